The lowest BCUT2D eigenvalue weighted by atomic mass is 9.93. The number of methoxy groups -OCH3 is 2. The van der Waals surface area contributed by atoms with Crippen LogP contribution in [0.4, 0.5) is 19.0 Å². The van der Waals surface area contributed by atoms with Crippen molar-refractivity contribution in [2.45, 2.75) is 57.4 Å². The van der Waals surface area contributed by atoms with Crippen LogP contribution < -0.4 is 14.8 Å². The van der Waals surface area contributed by atoms with E-state index in [0.717, 1.165) is 17.5 Å². The molecule has 0 spiro atoms. The molecule has 2 aromatic rings. The van der Waals surface area contributed by atoms with E-state index in [9.17, 15) is 18.0 Å². The number of hydrogen-bond donors (Lipinski definition) is 1. The summed E-state index contributed by atoms with van der Waals surface area (Å²) in [4.78, 5) is 14.8. The van der Waals surface area contributed by atoms with Crippen molar-refractivity contribution in [2.75, 3.05) is 26.1 Å². The number of nitrogens with one attached hydrogen (secondary N) is 1. The highest BCUT2D eigenvalue weighted by Crippen LogP contribution is 2.44. The number of benzene rings is 1. The van der Waals surface area contributed by atoms with Gasteiger partial charge in [-0.3, -0.25) is 4.79 Å². The summed E-state index contributed by atoms with van der Waals surface area (Å²) in [5.41, 5.74) is 0.655. The molecule has 3 heterocycles. The van der Waals surface area contributed by atoms with Crippen LogP contribution in [0.2, 0.25) is 0 Å². The van der Waals surface area contributed by atoms with E-state index in [1.165, 1.54) is 20.3 Å². The smallest absolute Gasteiger partial charge is 0.410 e. The van der Waals surface area contributed by atoms with Gasteiger partial charge in [-0.25, -0.2) is 4.68 Å². The summed E-state index contributed by atoms with van der Waals surface area (Å²) in [7, 11) is 2.97. The Labute approximate surface area is 190 Å². The molecule has 0 bridgehead atoms. The summed E-state index contributed by atoms with van der Waals surface area (Å²) < 4.78 is 53.5. The molecule has 0 radical (unpaired) electrons. The third-order valence-corrected chi connectivity index (χ3v) is 6.62. The Kier molecular flexibility index (Phi) is 6.20. The summed E-state index contributed by atoms with van der Waals surface area (Å²) in [6, 6.07) is 3.99. The Balaban J connectivity index is 1.66. The number of rotatable bonds is 4. The van der Waals surface area contributed by atoms with E-state index in [4.69, 9.17) is 9.47 Å². The Bertz CT molecular complexity index is 1020. The largest absolute Gasteiger partial charge is 0.493 e. The highest BCUT2D eigenvalue weighted by Gasteiger charge is 2.47. The second-order valence-electron chi connectivity index (χ2n) is 8.94. The minimum atomic E-state index is -4.52. The molecular formula is C23H29F3N4O3. The lowest BCUT2D eigenvalue weighted by molar-refractivity contribution is -0.173. The maximum atomic E-state index is 14.0. The zero-order valence-electron chi connectivity index (χ0n) is 19.1. The number of carbonyl (C=O) groups is 1. The molecule has 7 nitrogen and oxygen atoms in total. The van der Waals surface area contributed by atoms with Crippen molar-refractivity contribution < 1.29 is 27.4 Å². The van der Waals surface area contributed by atoms with Crippen molar-refractivity contribution in [3.8, 4) is 11.5 Å². The van der Waals surface area contributed by atoms with Gasteiger partial charge in [0.1, 0.15) is 5.82 Å². The maximum Gasteiger partial charge on any atom is 0.410 e. The molecule has 2 aliphatic heterocycles. The first-order valence-corrected chi connectivity index (χ1v) is 11.1. The Morgan fingerprint density at radius 2 is 1.85 bits per heavy atom. The number of carbonyl (C=O) groups excluding carboxylic acids is 1. The van der Waals surface area contributed by atoms with Crippen LogP contribution in [0.1, 0.15) is 61.2 Å². The quantitative estimate of drug-likeness (QED) is 0.700. The number of nitrogens with zero attached hydrogens (tertiary/aromatic N) is 3. The molecule has 0 saturated carbocycles. The molecule has 1 fully saturated rings. The van der Waals surface area contributed by atoms with Crippen LogP contribution in [0.25, 0.3) is 0 Å². The van der Waals surface area contributed by atoms with Gasteiger partial charge in [0.05, 0.1) is 20.3 Å². The first-order valence-electron chi connectivity index (χ1n) is 11.1. The zero-order chi connectivity index (χ0) is 23.9. The summed E-state index contributed by atoms with van der Waals surface area (Å²) >= 11 is 0. The van der Waals surface area contributed by atoms with E-state index in [1.54, 1.807) is 23.1 Å². The Hall–Kier alpha value is -2.91. The summed E-state index contributed by atoms with van der Waals surface area (Å²) in [6.07, 6.45) is -3.05. The summed E-state index contributed by atoms with van der Waals surface area (Å²) in [6.45, 7) is 4.68. The van der Waals surface area contributed by atoms with Gasteiger partial charge >= 0.3 is 6.18 Å². The van der Waals surface area contributed by atoms with Gasteiger partial charge in [-0.05, 0) is 43.4 Å². The number of likely N-dealkylation sites (tertiary alicyclic amines) is 1. The van der Waals surface area contributed by atoms with Crippen molar-refractivity contribution in [3.05, 3.63) is 35.5 Å². The fourth-order valence-electron chi connectivity index (χ4n) is 4.82. The minimum Gasteiger partial charge on any atom is -0.493 e. The van der Waals surface area contributed by atoms with Gasteiger partial charge in [0.15, 0.2) is 23.2 Å². The molecule has 1 aromatic carbocycles. The van der Waals surface area contributed by atoms with Crippen molar-refractivity contribution in [1.29, 1.82) is 0 Å². The van der Waals surface area contributed by atoms with Gasteiger partial charge < -0.3 is 19.7 Å². The first kappa shape index (κ1) is 23.3. The highest BCUT2D eigenvalue weighted by molar-refractivity contribution is 5.93. The van der Waals surface area contributed by atoms with Crippen molar-refractivity contribution in [3.63, 3.8) is 0 Å². The van der Waals surface area contributed by atoms with Crippen LogP contribution in [0.3, 0.4) is 0 Å². The van der Waals surface area contributed by atoms with Crippen molar-refractivity contribution in [1.82, 2.24) is 14.7 Å². The van der Waals surface area contributed by atoms with Crippen LogP contribution in [0.5, 0.6) is 11.5 Å². The van der Waals surface area contributed by atoms with Gasteiger partial charge in [0.25, 0.3) is 5.91 Å². The lowest BCUT2D eigenvalue weighted by Gasteiger charge is -2.36. The molecule has 1 aromatic heterocycles. The Morgan fingerprint density at radius 3 is 2.48 bits per heavy atom. The molecular weight excluding hydrogens is 437 g/mol. The fraction of sp³-hybridized carbons (Fsp3) is 0.565. The third kappa shape index (κ3) is 4.47. The van der Waals surface area contributed by atoms with Gasteiger partial charge in [-0.1, -0.05) is 13.0 Å². The molecule has 1 saturated heterocycles. The highest BCUT2D eigenvalue weighted by atomic mass is 19.4. The Morgan fingerprint density at radius 1 is 1.12 bits per heavy atom. The van der Waals surface area contributed by atoms with Crippen molar-refractivity contribution in [2.24, 2.45) is 5.92 Å². The average Bonchev–Trinajstić information content (AvgIpc) is 3.21. The van der Waals surface area contributed by atoms with Crippen LogP contribution in [-0.2, 0) is 0 Å². The van der Waals surface area contributed by atoms with E-state index >= 15 is 0 Å². The monoisotopic (exact) mass is 466 g/mol. The number of piperidine rings is 1. The lowest BCUT2D eigenvalue weighted by Crippen LogP contribution is -2.44. The molecule has 4 rings (SSSR count). The molecule has 0 aliphatic carbocycles. The zero-order valence-corrected chi connectivity index (χ0v) is 19.1. The molecule has 1 amide bonds. The number of hydrogen-bond acceptors (Lipinski definition) is 5. The van der Waals surface area contributed by atoms with E-state index < -0.39 is 18.3 Å². The van der Waals surface area contributed by atoms with Crippen LogP contribution in [0, 0.1) is 5.92 Å². The molecule has 0 unspecified atom stereocenters. The van der Waals surface area contributed by atoms with Crippen LogP contribution in [0.15, 0.2) is 24.3 Å². The van der Waals surface area contributed by atoms with E-state index in [2.05, 4.69) is 17.3 Å². The standard InChI is InChI=1S/C23H29F3N4O3/c1-13-7-8-29(14(2)9-13)22(31)17-12-21-27-16(11-20(23(24,25)26)30(21)28-17)15-5-6-18(32-3)19(10-15)33-4/h5-6,10,12-14,16,20,27H,7-9,11H2,1-4H3/t13-,14+,16+,20-/m0/s1. The number of ether oxygens (including phenoxy) is 2. The number of fused-ring (bicyclic) bond motifs is 1. The fourth-order valence-corrected chi connectivity index (χ4v) is 4.82. The van der Waals surface area contributed by atoms with E-state index in [-0.39, 0.29) is 29.9 Å². The molecule has 33 heavy (non-hydrogen) atoms. The second-order valence-corrected chi connectivity index (χ2v) is 8.94. The molecule has 2 aliphatic rings. The van der Waals surface area contributed by atoms with Crippen molar-refractivity contribution >= 4 is 11.7 Å². The summed E-state index contributed by atoms with van der Waals surface area (Å²) in [5, 5.41) is 7.25. The predicted molar refractivity (Wildman–Crippen MR) is 117 cm³/mol. The van der Waals surface area contributed by atoms with Gasteiger partial charge in [-0.2, -0.15) is 18.3 Å². The van der Waals surface area contributed by atoms with E-state index in [0.29, 0.717) is 29.5 Å². The second kappa shape index (κ2) is 8.79. The first-order chi connectivity index (χ1) is 15.6. The average molecular weight is 467 g/mol. The number of amides is 1. The minimum absolute atomic E-state index is 0.0193. The topological polar surface area (TPSA) is 68.6 Å². The third-order valence-electron chi connectivity index (χ3n) is 6.62. The maximum absolute atomic E-state index is 14.0. The molecule has 10 heteroatoms. The number of anilines is 1. The number of aromatic nitrogens is 2. The van der Waals surface area contributed by atoms with Crippen LogP contribution >= 0.6 is 0 Å². The molecule has 180 valence electrons. The van der Waals surface area contributed by atoms with Gasteiger partial charge in [-0.15, -0.1) is 0 Å². The SMILES string of the molecule is COc1ccc([C@H]2C[C@@H](C(F)(F)F)n3nc(C(=O)N4CC[C@H](C)C[C@H]4C)cc3N2)cc1OC. The van der Waals surface area contributed by atoms with Gasteiger partial charge in [0.2, 0.25) is 0 Å². The summed E-state index contributed by atoms with van der Waals surface area (Å²) in [5.74, 6) is 1.28. The molecule has 4 atom stereocenters. The number of alkyl halides is 3. The molecule has 1 N–H and O–H groups in total. The van der Waals surface area contributed by atoms with Gasteiger partial charge in [0, 0.05) is 25.1 Å². The number of halogens is 3. The van der Waals surface area contributed by atoms with Crippen LogP contribution in [-0.4, -0.2) is 53.6 Å². The van der Waals surface area contributed by atoms with E-state index in [1.807, 2.05) is 6.92 Å². The predicted octanol–water partition coefficient (Wildman–Crippen LogP) is 4.82. The normalized spacial score (nSPS) is 25.2.